The highest BCUT2D eigenvalue weighted by atomic mass is 16.5. The molecule has 3 aromatic rings. The average Bonchev–Trinajstić information content (AvgIpc) is 2.77. The fraction of sp³-hybridized carbons (Fsp3) is 0.208. The van der Waals surface area contributed by atoms with E-state index in [1.54, 1.807) is 43.5 Å². The number of hydrogen-bond acceptors (Lipinski definition) is 6. The Labute approximate surface area is 176 Å². The molecule has 0 spiro atoms. The van der Waals surface area contributed by atoms with Crippen molar-refractivity contribution in [1.29, 1.82) is 0 Å². The minimum atomic E-state index is -0.427. The summed E-state index contributed by atoms with van der Waals surface area (Å²) in [6, 6.07) is 17.7. The Morgan fingerprint density at radius 2 is 1.50 bits per heavy atom. The van der Waals surface area contributed by atoms with E-state index in [4.69, 9.17) is 14.2 Å². The lowest BCUT2D eigenvalue weighted by Gasteiger charge is -2.11. The van der Waals surface area contributed by atoms with E-state index in [9.17, 15) is 4.79 Å². The maximum atomic E-state index is 12.4. The molecular formula is C24H24N2O4. The molecule has 0 amide bonds. The van der Waals surface area contributed by atoms with Gasteiger partial charge in [-0.05, 0) is 92.6 Å². The summed E-state index contributed by atoms with van der Waals surface area (Å²) < 4.78 is 16.1. The van der Waals surface area contributed by atoms with Crippen molar-refractivity contribution in [3.05, 3.63) is 77.4 Å². The molecule has 0 unspecified atom stereocenters. The van der Waals surface area contributed by atoms with Gasteiger partial charge in [-0.2, -0.15) is 10.2 Å². The zero-order chi connectivity index (χ0) is 21.5. The summed E-state index contributed by atoms with van der Waals surface area (Å²) >= 11 is 0. The molecule has 0 saturated carbocycles. The van der Waals surface area contributed by atoms with E-state index in [1.807, 2.05) is 45.0 Å². The van der Waals surface area contributed by atoms with Gasteiger partial charge in [0.05, 0.1) is 30.7 Å². The van der Waals surface area contributed by atoms with Crippen molar-refractivity contribution in [2.24, 2.45) is 10.2 Å². The van der Waals surface area contributed by atoms with Crippen molar-refractivity contribution in [3.63, 3.8) is 0 Å². The van der Waals surface area contributed by atoms with Gasteiger partial charge in [0.2, 0.25) is 0 Å². The van der Waals surface area contributed by atoms with Gasteiger partial charge in [0.25, 0.3) is 0 Å². The lowest BCUT2D eigenvalue weighted by Crippen LogP contribution is -2.09. The summed E-state index contributed by atoms with van der Waals surface area (Å²) in [5.41, 5.74) is 3.62. The number of carbonyl (C=O) groups is 1. The minimum absolute atomic E-state index is 0.427. The van der Waals surface area contributed by atoms with E-state index in [2.05, 4.69) is 10.2 Å². The molecule has 0 radical (unpaired) electrons. The van der Waals surface area contributed by atoms with Crippen LogP contribution in [0.4, 0.5) is 11.4 Å². The van der Waals surface area contributed by atoms with Gasteiger partial charge >= 0.3 is 5.97 Å². The number of hydrogen-bond donors (Lipinski definition) is 0. The van der Waals surface area contributed by atoms with Crippen LogP contribution in [-0.4, -0.2) is 19.7 Å². The highest BCUT2D eigenvalue weighted by Gasteiger charge is 2.13. The van der Waals surface area contributed by atoms with Gasteiger partial charge in [-0.25, -0.2) is 4.79 Å². The molecule has 0 saturated heterocycles. The molecule has 0 fully saturated rings. The number of esters is 1. The third-order valence-electron chi connectivity index (χ3n) is 4.66. The van der Waals surface area contributed by atoms with Crippen LogP contribution in [0.15, 0.2) is 70.9 Å². The van der Waals surface area contributed by atoms with Crippen LogP contribution in [0.5, 0.6) is 17.2 Å². The summed E-state index contributed by atoms with van der Waals surface area (Å²) in [6.07, 6.45) is 0. The maximum Gasteiger partial charge on any atom is 0.343 e. The first-order chi connectivity index (χ1) is 14.5. The molecule has 6 nitrogen and oxygen atoms in total. The third-order valence-corrected chi connectivity index (χ3v) is 4.66. The lowest BCUT2D eigenvalue weighted by molar-refractivity contribution is 0.0733. The molecule has 0 atom stereocenters. The minimum Gasteiger partial charge on any atom is -0.497 e. The Balaban J connectivity index is 1.73. The van der Waals surface area contributed by atoms with Crippen LogP contribution in [0.2, 0.25) is 0 Å². The Morgan fingerprint density at radius 1 is 0.833 bits per heavy atom. The quantitative estimate of drug-likeness (QED) is 0.261. The van der Waals surface area contributed by atoms with E-state index in [1.165, 1.54) is 0 Å². The summed E-state index contributed by atoms with van der Waals surface area (Å²) in [4.78, 5) is 12.4. The van der Waals surface area contributed by atoms with Crippen molar-refractivity contribution in [1.82, 2.24) is 0 Å². The van der Waals surface area contributed by atoms with Crippen LogP contribution in [0.3, 0.4) is 0 Å². The van der Waals surface area contributed by atoms with Crippen molar-refractivity contribution >= 4 is 17.3 Å². The predicted molar refractivity (Wildman–Crippen MR) is 116 cm³/mol. The molecular weight excluding hydrogens is 380 g/mol. The number of carbonyl (C=O) groups excluding carboxylic acids is 1. The Bertz CT molecular complexity index is 1040. The second kappa shape index (κ2) is 9.69. The number of benzene rings is 3. The molecule has 0 bridgehead atoms. The topological polar surface area (TPSA) is 69.5 Å². The average molecular weight is 404 g/mol. The zero-order valence-electron chi connectivity index (χ0n) is 17.5. The Kier molecular flexibility index (Phi) is 6.80. The maximum absolute atomic E-state index is 12.4. The smallest absolute Gasteiger partial charge is 0.343 e. The molecule has 3 rings (SSSR count). The molecule has 3 aromatic carbocycles. The van der Waals surface area contributed by atoms with Gasteiger partial charge in [-0.3, -0.25) is 0 Å². The normalized spacial score (nSPS) is 10.8. The van der Waals surface area contributed by atoms with Crippen LogP contribution in [0, 0.1) is 13.8 Å². The van der Waals surface area contributed by atoms with Crippen molar-refractivity contribution in [3.8, 4) is 17.2 Å². The molecule has 0 aliphatic heterocycles. The fourth-order valence-corrected chi connectivity index (χ4v) is 2.77. The van der Waals surface area contributed by atoms with Crippen LogP contribution < -0.4 is 14.2 Å². The number of azo groups is 1. The standard InChI is InChI=1S/C24H24N2O4/c1-5-29-21-12-8-19(9-13-21)25-26-22-14-15-23(17(3)16(22)2)30-24(27)18-6-10-20(28-4)11-7-18/h6-15H,5H2,1-4H3. The van der Waals surface area contributed by atoms with E-state index in [-0.39, 0.29) is 0 Å². The van der Waals surface area contributed by atoms with Crippen LogP contribution in [0.1, 0.15) is 28.4 Å². The number of ether oxygens (including phenoxy) is 3. The Morgan fingerprint density at radius 3 is 2.13 bits per heavy atom. The largest absolute Gasteiger partial charge is 0.497 e. The van der Waals surface area contributed by atoms with Gasteiger partial charge in [-0.15, -0.1) is 0 Å². The number of nitrogens with zero attached hydrogens (tertiary/aromatic N) is 2. The fourth-order valence-electron chi connectivity index (χ4n) is 2.77. The van der Waals surface area contributed by atoms with E-state index in [0.717, 1.165) is 22.6 Å². The summed E-state index contributed by atoms with van der Waals surface area (Å²) in [6.45, 7) is 6.37. The zero-order valence-corrected chi connectivity index (χ0v) is 17.5. The second-order valence-corrected chi connectivity index (χ2v) is 6.58. The van der Waals surface area contributed by atoms with E-state index < -0.39 is 5.97 Å². The molecule has 154 valence electrons. The first kappa shape index (κ1) is 21.0. The van der Waals surface area contributed by atoms with Gasteiger partial charge in [-0.1, -0.05) is 0 Å². The SMILES string of the molecule is CCOc1ccc(N=Nc2ccc(OC(=O)c3ccc(OC)cc3)c(C)c2C)cc1. The highest BCUT2D eigenvalue weighted by molar-refractivity contribution is 5.91. The summed E-state index contributed by atoms with van der Waals surface area (Å²) in [5, 5.41) is 8.62. The molecule has 0 N–H and O–H groups in total. The molecule has 6 heteroatoms. The van der Waals surface area contributed by atoms with Crippen molar-refractivity contribution < 1.29 is 19.0 Å². The first-order valence-corrected chi connectivity index (χ1v) is 9.63. The second-order valence-electron chi connectivity index (χ2n) is 6.58. The number of rotatable bonds is 7. The molecule has 0 aliphatic carbocycles. The predicted octanol–water partition coefficient (Wildman–Crippen LogP) is 6.35. The lowest BCUT2D eigenvalue weighted by atomic mass is 10.1. The van der Waals surface area contributed by atoms with E-state index in [0.29, 0.717) is 29.4 Å². The first-order valence-electron chi connectivity index (χ1n) is 9.63. The molecule has 0 heterocycles. The highest BCUT2D eigenvalue weighted by Crippen LogP contribution is 2.31. The number of methoxy groups -OCH3 is 1. The van der Waals surface area contributed by atoms with Crippen LogP contribution >= 0.6 is 0 Å². The molecule has 0 aromatic heterocycles. The summed E-state index contributed by atoms with van der Waals surface area (Å²) in [7, 11) is 1.58. The Hall–Kier alpha value is -3.67. The van der Waals surface area contributed by atoms with Crippen molar-refractivity contribution in [2.75, 3.05) is 13.7 Å². The van der Waals surface area contributed by atoms with Gasteiger partial charge in [0, 0.05) is 0 Å². The van der Waals surface area contributed by atoms with Gasteiger partial charge in [0.15, 0.2) is 0 Å². The van der Waals surface area contributed by atoms with Crippen molar-refractivity contribution in [2.45, 2.75) is 20.8 Å². The van der Waals surface area contributed by atoms with Gasteiger partial charge in [0.1, 0.15) is 17.2 Å². The summed E-state index contributed by atoms with van der Waals surface area (Å²) in [5.74, 6) is 1.55. The van der Waals surface area contributed by atoms with E-state index >= 15 is 0 Å². The molecule has 30 heavy (non-hydrogen) atoms. The monoisotopic (exact) mass is 404 g/mol. The molecule has 0 aliphatic rings. The van der Waals surface area contributed by atoms with Crippen LogP contribution in [0.25, 0.3) is 0 Å². The van der Waals surface area contributed by atoms with Gasteiger partial charge < -0.3 is 14.2 Å². The van der Waals surface area contributed by atoms with Crippen LogP contribution in [-0.2, 0) is 0 Å². The third kappa shape index (κ3) is 5.03.